The predicted molar refractivity (Wildman–Crippen MR) is 133 cm³/mol. The Morgan fingerprint density at radius 2 is 2.03 bits per heavy atom. The molecule has 1 aromatic carbocycles. The minimum absolute atomic E-state index is 0.0413. The Hall–Kier alpha value is -2.81. The van der Waals surface area contributed by atoms with Crippen molar-refractivity contribution in [3.05, 3.63) is 69.9 Å². The van der Waals surface area contributed by atoms with Gasteiger partial charge in [-0.3, -0.25) is 9.69 Å². The van der Waals surface area contributed by atoms with Crippen LogP contribution in [-0.4, -0.2) is 44.9 Å². The molecule has 0 atom stereocenters. The molecule has 2 fully saturated rings. The lowest BCUT2D eigenvalue weighted by atomic mass is 9.75. The number of aryl methyl sites for hydroxylation is 1. The van der Waals surface area contributed by atoms with E-state index in [4.69, 9.17) is 16.3 Å². The molecule has 1 N–H and O–H groups in total. The molecule has 4 heterocycles. The van der Waals surface area contributed by atoms with E-state index in [1.165, 1.54) is 25.7 Å². The van der Waals surface area contributed by atoms with Crippen LogP contribution in [0.1, 0.15) is 58.6 Å². The van der Waals surface area contributed by atoms with Gasteiger partial charge in [-0.1, -0.05) is 36.6 Å². The summed E-state index contributed by atoms with van der Waals surface area (Å²) in [5, 5.41) is 12.3. The number of anilines is 1. The van der Waals surface area contributed by atoms with E-state index >= 15 is 0 Å². The lowest BCUT2D eigenvalue weighted by Gasteiger charge is -2.41. The van der Waals surface area contributed by atoms with Crippen molar-refractivity contribution in [2.75, 3.05) is 18.1 Å². The summed E-state index contributed by atoms with van der Waals surface area (Å²) < 4.78 is 7.56. The molecule has 1 amide bonds. The fourth-order valence-corrected chi connectivity index (χ4v) is 5.70. The number of nitrogens with one attached hydrogen (secondary N) is 1. The maximum atomic E-state index is 13.5. The van der Waals surface area contributed by atoms with Crippen LogP contribution in [-0.2, 0) is 36.7 Å². The number of hydrogen-bond donors (Lipinski definition) is 1. The van der Waals surface area contributed by atoms with E-state index in [1.807, 2.05) is 29.8 Å². The molecule has 1 saturated carbocycles. The van der Waals surface area contributed by atoms with E-state index in [9.17, 15) is 4.79 Å². The van der Waals surface area contributed by atoms with Gasteiger partial charge in [0.1, 0.15) is 23.1 Å². The van der Waals surface area contributed by atoms with Crippen LogP contribution < -0.4 is 10.2 Å². The molecule has 35 heavy (non-hydrogen) atoms. The Morgan fingerprint density at radius 1 is 1.20 bits per heavy atom. The van der Waals surface area contributed by atoms with E-state index in [-0.39, 0.29) is 11.3 Å². The van der Waals surface area contributed by atoms with E-state index in [0.717, 1.165) is 34.6 Å². The molecule has 182 valence electrons. The molecular weight excluding hydrogens is 464 g/mol. The van der Waals surface area contributed by atoms with Crippen molar-refractivity contribution in [1.29, 1.82) is 0 Å². The molecule has 2 aromatic heterocycles. The Balaban J connectivity index is 1.23. The summed E-state index contributed by atoms with van der Waals surface area (Å²) in [5.41, 5.74) is 3.67. The number of rotatable bonds is 7. The highest BCUT2D eigenvalue weighted by molar-refractivity contribution is 6.29. The van der Waals surface area contributed by atoms with Gasteiger partial charge in [-0.15, -0.1) is 10.2 Å². The zero-order valence-electron chi connectivity index (χ0n) is 19.8. The van der Waals surface area contributed by atoms with E-state index in [2.05, 4.69) is 32.6 Å². The average Bonchev–Trinajstić information content (AvgIpc) is 3.56. The van der Waals surface area contributed by atoms with E-state index in [0.29, 0.717) is 43.2 Å². The highest BCUT2D eigenvalue weighted by Crippen LogP contribution is 2.38. The molecule has 8 nitrogen and oxygen atoms in total. The van der Waals surface area contributed by atoms with Gasteiger partial charge in [-0.05, 0) is 47.7 Å². The Morgan fingerprint density at radius 3 is 2.74 bits per heavy atom. The highest BCUT2D eigenvalue weighted by Gasteiger charge is 2.43. The molecule has 1 aliphatic carbocycles. The monoisotopic (exact) mass is 492 g/mol. The fourth-order valence-electron chi connectivity index (χ4n) is 5.47. The third-order valence-corrected chi connectivity index (χ3v) is 7.85. The number of benzene rings is 1. The Kier molecular flexibility index (Phi) is 5.82. The number of halogens is 1. The minimum Gasteiger partial charge on any atom is -0.379 e. The lowest BCUT2D eigenvalue weighted by Crippen LogP contribution is -2.49. The van der Waals surface area contributed by atoms with Gasteiger partial charge in [0, 0.05) is 37.0 Å². The van der Waals surface area contributed by atoms with Gasteiger partial charge in [0.15, 0.2) is 0 Å². The van der Waals surface area contributed by atoms with Gasteiger partial charge in [-0.2, -0.15) is 0 Å². The molecule has 6 rings (SSSR count). The summed E-state index contributed by atoms with van der Waals surface area (Å²) in [6, 6.07) is 10.6. The van der Waals surface area contributed by atoms with Crippen molar-refractivity contribution in [3.63, 3.8) is 0 Å². The summed E-state index contributed by atoms with van der Waals surface area (Å²) >= 11 is 6.37. The summed E-state index contributed by atoms with van der Waals surface area (Å²) in [6.07, 6.45) is 7.44. The van der Waals surface area contributed by atoms with E-state index in [1.54, 1.807) is 11.2 Å². The van der Waals surface area contributed by atoms with Crippen LogP contribution in [0, 0.1) is 0 Å². The molecule has 0 spiro atoms. The lowest BCUT2D eigenvalue weighted by molar-refractivity contribution is -0.0611. The predicted octanol–water partition coefficient (Wildman–Crippen LogP) is 3.57. The van der Waals surface area contributed by atoms with Gasteiger partial charge in [0.05, 0.1) is 19.8 Å². The smallest absolute Gasteiger partial charge is 0.260 e. The molecule has 3 aromatic rings. The molecule has 1 saturated heterocycles. The number of carbonyl (C=O) groups excluding carboxylic acids is 1. The second kappa shape index (κ2) is 9.00. The third-order valence-electron chi connectivity index (χ3n) is 7.65. The van der Waals surface area contributed by atoms with Crippen LogP contribution in [0.3, 0.4) is 0 Å². The quantitative estimate of drug-likeness (QED) is 0.507. The van der Waals surface area contributed by atoms with Gasteiger partial charge < -0.3 is 14.6 Å². The zero-order valence-corrected chi connectivity index (χ0v) is 20.6. The molecule has 0 bridgehead atoms. The molecule has 0 radical (unpaired) electrons. The van der Waals surface area contributed by atoms with Gasteiger partial charge in [-0.25, -0.2) is 4.98 Å². The largest absolute Gasteiger partial charge is 0.379 e. The van der Waals surface area contributed by atoms with Crippen molar-refractivity contribution in [3.8, 4) is 0 Å². The number of ether oxygens (including phenoxy) is 1. The first-order chi connectivity index (χ1) is 17.0. The number of pyridine rings is 1. The van der Waals surface area contributed by atoms with Crippen molar-refractivity contribution >= 4 is 23.3 Å². The molecular formula is C26H29ClN6O2. The summed E-state index contributed by atoms with van der Waals surface area (Å²) in [7, 11) is 1.95. The Bertz CT molecular complexity index is 1260. The van der Waals surface area contributed by atoms with Gasteiger partial charge >= 0.3 is 0 Å². The maximum absolute atomic E-state index is 13.5. The van der Waals surface area contributed by atoms with Gasteiger partial charge in [0.25, 0.3) is 5.91 Å². The second-order valence-electron chi connectivity index (χ2n) is 10.1. The number of fused-ring (bicyclic) bond motifs is 1. The summed E-state index contributed by atoms with van der Waals surface area (Å²) in [6.45, 7) is 2.42. The van der Waals surface area contributed by atoms with Gasteiger partial charge in [0.2, 0.25) is 0 Å². The van der Waals surface area contributed by atoms with Crippen molar-refractivity contribution in [1.82, 2.24) is 25.1 Å². The SMILES string of the molecule is Cn1cnnc1CC1(c2ccc3c(c2)C(=O)N(c2cc(CNC4CCCC4)cc(Cl)n2)C3)COC1. The Labute approximate surface area is 209 Å². The third kappa shape index (κ3) is 4.24. The molecule has 3 aliphatic rings. The number of aromatic nitrogens is 4. The van der Waals surface area contributed by atoms with Crippen LogP contribution in [0.2, 0.25) is 5.15 Å². The standard InChI is InChI=1S/C26H29ClN6O2/c1-32-16-29-31-24(32)11-26(14-35-15-26)19-7-6-18-13-33(25(34)21(18)10-19)23-9-17(8-22(27)30-23)12-28-20-4-2-3-5-20/h6-10,16,20,28H,2-5,11-15H2,1H3. The summed E-state index contributed by atoms with van der Waals surface area (Å²) in [4.78, 5) is 19.7. The van der Waals surface area contributed by atoms with Crippen LogP contribution in [0.15, 0.2) is 36.7 Å². The van der Waals surface area contributed by atoms with Crippen molar-refractivity contribution in [2.24, 2.45) is 7.05 Å². The summed E-state index contributed by atoms with van der Waals surface area (Å²) in [5.74, 6) is 1.47. The number of nitrogens with zero attached hydrogens (tertiary/aromatic N) is 5. The first-order valence-electron chi connectivity index (χ1n) is 12.3. The second-order valence-corrected chi connectivity index (χ2v) is 10.5. The highest BCUT2D eigenvalue weighted by atomic mass is 35.5. The number of amides is 1. The first kappa shape index (κ1) is 22.6. The average molecular weight is 493 g/mol. The van der Waals surface area contributed by atoms with Crippen LogP contribution in [0.25, 0.3) is 0 Å². The van der Waals surface area contributed by atoms with Crippen molar-refractivity contribution in [2.45, 2.75) is 56.7 Å². The van der Waals surface area contributed by atoms with Crippen LogP contribution in [0.4, 0.5) is 5.82 Å². The van der Waals surface area contributed by atoms with E-state index < -0.39 is 0 Å². The maximum Gasteiger partial charge on any atom is 0.260 e. The normalized spacial score (nSPS) is 19.3. The molecule has 0 unspecified atom stereocenters. The molecule has 2 aliphatic heterocycles. The number of hydrogen-bond acceptors (Lipinski definition) is 6. The number of carbonyl (C=O) groups is 1. The minimum atomic E-state index is -0.198. The van der Waals surface area contributed by atoms with Crippen LogP contribution >= 0.6 is 11.6 Å². The topological polar surface area (TPSA) is 85.2 Å². The molecule has 9 heteroatoms. The van der Waals surface area contributed by atoms with Crippen LogP contribution in [0.5, 0.6) is 0 Å². The van der Waals surface area contributed by atoms with Crippen molar-refractivity contribution < 1.29 is 9.53 Å². The first-order valence-corrected chi connectivity index (χ1v) is 12.6. The fraction of sp³-hybridized carbons (Fsp3) is 0.462. The zero-order chi connectivity index (χ0) is 24.0.